The summed E-state index contributed by atoms with van der Waals surface area (Å²) in [6.45, 7) is 1.07. The Morgan fingerprint density at radius 2 is 1.79 bits per heavy atom. The van der Waals surface area contributed by atoms with Crippen LogP contribution >= 0.6 is 0 Å². The number of anilines is 1. The fourth-order valence-electron chi connectivity index (χ4n) is 3.41. The molecule has 0 unspecified atom stereocenters. The van der Waals surface area contributed by atoms with Crippen LogP contribution < -0.4 is 14.4 Å². The standard InChI is InChI=1S/C23H31FN4O5S/c1-6-20(23(30)25-2)27(15-17-10-9-11-18(14-17)33-5)22(29)16-28(34(31,32)26(3)4)21-13-8-7-12-19(21)24/h7-14,20H,6,15-16H2,1-5H3,(H,25,30)/t20-/m1/s1. The summed E-state index contributed by atoms with van der Waals surface area (Å²) in [6.07, 6.45) is 0.287. The number of carbonyl (C=O) groups is 2. The molecule has 1 atom stereocenters. The summed E-state index contributed by atoms with van der Waals surface area (Å²) in [5, 5.41) is 2.54. The largest absolute Gasteiger partial charge is 0.497 e. The molecule has 0 spiro atoms. The number of para-hydroxylation sites is 1. The first-order valence-electron chi connectivity index (χ1n) is 10.7. The fraction of sp³-hybridized carbons (Fsp3) is 0.391. The van der Waals surface area contributed by atoms with Crippen LogP contribution in [0.25, 0.3) is 0 Å². The zero-order chi connectivity index (χ0) is 25.5. The number of benzene rings is 2. The molecule has 0 aliphatic carbocycles. The summed E-state index contributed by atoms with van der Waals surface area (Å²) >= 11 is 0. The molecule has 0 aliphatic heterocycles. The molecule has 0 bridgehead atoms. The van der Waals surface area contributed by atoms with Crippen LogP contribution in [-0.2, 0) is 26.3 Å². The third-order valence-electron chi connectivity index (χ3n) is 5.26. The SMILES string of the molecule is CC[C@H](C(=O)NC)N(Cc1cccc(OC)c1)C(=O)CN(c1ccccc1F)S(=O)(=O)N(C)C. The van der Waals surface area contributed by atoms with Crippen molar-refractivity contribution in [2.45, 2.75) is 25.9 Å². The number of nitrogens with one attached hydrogen (secondary N) is 1. The first kappa shape index (κ1) is 27.1. The summed E-state index contributed by atoms with van der Waals surface area (Å²) in [5.74, 6) is -1.28. The predicted octanol–water partition coefficient (Wildman–Crippen LogP) is 2.00. The van der Waals surface area contributed by atoms with Crippen molar-refractivity contribution >= 4 is 27.7 Å². The number of ether oxygens (including phenoxy) is 1. The number of hydrogen-bond donors (Lipinski definition) is 1. The summed E-state index contributed by atoms with van der Waals surface area (Å²) in [4.78, 5) is 27.4. The topological polar surface area (TPSA) is 99.3 Å². The monoisotopic (exact) mass is 494 g/mol. The Kier molecular flexibility index (Phi) is 9.39. The second kappa shape index (κ2) is 11.8. The molecule has 1 N–H and O–H groups in total. The van der Waals surface area contributed by atoms with Crippen molar-refractivity contribution in [2.75, 3.05) is 39.1 Å². The highest BCUT2D eigenvalue weighted by Crippen LogP contribution is 2.24. The van der Waals surface area contributed by atoms with Gasteiger partial charge >= 0.3 is 10.2 Å². The number of carbonyl (C=O) groups excluding carboxylic acids is 2. The smallest absolute Gasteiger partial charge is 0.304 e. The van der Waals surface area contributed by atoms with Crippen molar-refractivity contribution < 1.29 is 27.1 Å². The molecule has 0 aromatic heterocycles. The predicted molar refractivity (Wildman–Crippen MR) is 128 cm³/mol. The second-order valence-electron chi connectivity index (χ2n) is 7.66. The lowest BCUT2D eigenvalue weighted by atomic mass is 10.1. The summed E-state index contributed by atoms with van der Waals surface area (Å²) in [6, 6.07) is 11.4. The number of nitrogens with zero attached hydrogens (tertiary/aromatic N) is 3. The van der Waals surface area contributed by atoms with Crippen LogP contribution in [0.15, 0.2) is 48.5 Å². The molecule has 0 aliphatic rings. The molecular formula is C23H31FN4O5S. The van der Waals surface area contributed by atoms with Crippen LogP contribution in [0.3, 0.4) is 0 Å². The molecule has 0 saturated carbocycles. The minimum Gasteiger partial charge on any atom is -0.497 e. The van der Waals surface area contributed by atoms with Crippen molar-refractivity contribution in [2.24, 2.45) is 0 Å². The Labute approximate surface area is 200 Å². The highest BCUT2D eigenvalue weighted by Gasteiger charge is 2.34. The Morgan fingerprint density at radius 1 is 1.12 bits per heavy atom. The molecule has 0 fully saturated rings. The van der Waals surface area contributed by atoms with Crippen LogP contribution in [0, 0.1) is 5.82 Å². The Hall–Kier alpha value is -3.18. The average Bonchev–Trinajstić information content (AvgIpc) is 2.82. The van der Waals surface area contributed by atoms with Gasteiger partial charge in [-0.3, -0.25) is 9.59 Å². The van der Waals surface area contributed by atoms with Gasteiger partial charge in [-0.05, 0) is 36.2 Å². The third kappa shape index (κ3) is 6.23. The van der Waals surface area contributed by atoms with E-state index in [0.717, 1.165) is 10.4 Å². The number of likely N-dealkylation sites (N-methyl/N-ethyl adjacent to an activating group) is 1. The van der Waals surface area contributed by atoms with Gasteiger partial charge in [-0.1, -0.05) is 31.2 Å². The first-order chi connectivity index (χ1) is 16.1. The maximum Gasteiger partial charge on any atom is 0.304 e. The van der Waals surface area contributed by atoms with Gasteiger partial charge in [-0.2, -0.15) is 12.7 Å². The highest BCUT2D eigenvalue weighted by molar-refractivity contribution is 7.90. The molecule has 9 nitrogen and oxygen atoms in total. The van der Waals surface area contributed by atoms with Crippen molar-refractivity contribution in [3.8, 4) is 5.75 Å². The van der Waals surface area contributed by atoms with Gasteiger partial charge in [0.05, 0.1) is 12.8 Å². The maximum absolute atomic E-state index is 14.6. The molecule has 11 heteroatoms. The van der Waals surface area contributed by atoms with Crippen LogP contribution in [0.1, 0.15) is 18.9 Å². The summed E-state index contributed by atoms with van der Waals surface area (Å²) in [5.41, 5.74) is 0.418. The van der Waals surface area contributed by atoms with Crippen molar-refractivity contribution in [3.63, 3.8) is 0 Å². The van der Waals surface area contributed by atoms with Crippen LogP contribution in [0.5, 0.6) is 5.75 Å². The lowest BCUT2D eigenvalue weighted by Crippen LogP contribution is -2.53. The zero-order valence-electron chi connectivity index (χ0n) is 20.0. The highest BCUT2D eigenvalue weighted by atomic mass is 32.2. The van der Waals surface area contributed by atoms with Crippen molar-refractivity contribution in [1.29, 1.82) is 0 Å². The molecule has 2 amide bonds. The van der Waals surface area contributed by atoms with E-state index in [-0.39, 0.29) is 18.7 Å². The lowest BCUT2D eigenvalue weighted by molar-refractivity contribution is -0.140. The number of rotatable bonds is 11. The van der Waals surface area contributed by atoms with E-state index in [1.54, 1.807) is 31.2 Å². The minimum atomic E-state index is -4.23. The van der Waals surface area contributed by atoms with E-state index in [1.807, 2.05) is 0 Å². The molecule has 2 aromatic carbocycles. The quantitative estimate of drug-likeness (QED) is 0.515. The Bertz CT molecular complexity index is 1110. The normalized spacial score (nSPS) is 12.2. The van der Waals surface area contributed by atoms with Crippen molar-refractivity contribution in [1.82, 2.24) is 14.5 Å². The minimum absolute atomic E-state index is 0.0229. The number of hydrogen-bond acceptors (Lipinski definition) is 5. The second-order valence-corrected chi connectivity index (χ2v) is 9.73. The Morgan fingerprint density at radius 3 is 2.35 bits per heavy atom. The van der Waals surface area contributed by atoms with E-state index in [2.05, 4.69) is 5.32 Å². The molecular weight excluding hydrogens is 463 g/mol. The third-order valence-corrected chi connectivity index (χ3v) is 7.07. The molecule has 2 aromatic rings. The van der Waals surface area contributed by atoms with Gasteiger partial charge in [0.2, 0.25) is 11.8 Å². The number of methoxy groups -OCH3 is 1. The Balaban J connectivity index is 2.52. The van der Waals surface area contributed by atoms with Crippen LogP contribution in [0.2, 0.25) is 0 Å². The van der Waals surface area contributed by atoms with E-state index in [0.29, 0.717) is 15.6 Å². The van der Waals surface area contributed by atoms with Gasteiger partial charge in [-0.25, -0.2) is 8.70 Å². The van der Waals surface area contributed by atoms with E-state index in [1.165, 1.54) is 51.4 Å². The fourth-order valence-corrected chi connectivity index (χ4v) is 4.47. The van der Waals surface area contributed by atoms with Gasteiger partial charge in [0.25, 0.3) is 0 Å². The first-order valence-corrected chi connectivity index (χ1v) is 12.0. The molecule has 34 heavy (non-hydrogen) atoms. The molecule has 0 saturated heterocycles. The summed E-state index contributed by atoms with van der Waals surface area (Å²) in [7, 11) is 1.33. The van der Waals surface area contributed by atoms with Gasteiger partial charge in [0.15, 0.2) is 0 Å². The van der Waals surface area contributed by atoms with E-state index < -0.39 is 40.4 Å². The van der Waals surface area contributed by atoms with Gasteiger partial charge in [-0.15, -0.1) is 0 Å². The van der Waals surface area contributed by atoms with E-state index in [4.69, 9.17) is 4.74 Å². The lowest BCUT2D eigenvalue weighted by Gasteiger charge is -2.33. The molecule has 186 valence electrons. The maximum atomic E-state index is 14.6. The molecule has 0 heterocycles. The van der Waals surface area contributed by atoms with Gasteiger partial charge in [0.1, 0.15) is 24.2 Å². The van der Waals surface area contributed by atoms with Gasteiger partial charge in [0, 0.05) is 27.7 Å². The summed E-state index contributed by atoms with van der Waals surface area (Å²) < 4.78 is 47.5. The van der Waals surface area contributed by atoms with E-state index in [9.17, 15) is 22.4 Å². The average molecular weight is 495 g/mol. The molecule has 0 radical (unpaired) electrons. The van der Waals surface area contributed by atoms with Crippen molar-refractivity contribution in [3.05, 3.63) is 59.9 Å². The number of halogens is 1. The van der Waals surface area contributed by atoms with Gasteiger partial charge < -0.3 is 15.0 Å². The molecule has 2 rings (SSSR count). The number of amides is 2. The zero-order valence-corrected chi connectivity index (χ0v) is 20.8. The van der Waals surface area contributed by atoms with E-state index >= 15 is 0 Å². The van der Waals surface area contributed by atoms with Crippen LogP contribution in [0.4, 0.5) is 10.1 Å². The van der Waals surface area contributed by atoms with Crippen LogP contribution in [-0.4, -0.2) is 70.3 Å².